The predicted molar refractivity (Wildman–Crippen MR) is 105 cm³/mol. The number of nitrogens with one attached hydrogen (secondary N) is 1. The van der Waals surface area contributed by atoms with Crippen molar-refractivity contribution in [2.75, 3.05) is 24.2 Å². The van der Waals surface area contributed by atoms with E-state index in [-0.39, 0.29) is 16.8 Å². The van der Waals surface area contributed by atoms with Crippen LogP contribution in [-0.4, -0.2) is 45.8 Å². The van der Waals surface area contributed by atoms with Gasteiger partial charge in [-0.2, -0.15) is 0 Å². The van der Waals surface area contributed by atoms with E-state index in [1.165, 1.54) is 35.9 Å². The Balaban J connectivity index is 1.51. The van der Waals surface area contributed by atoms with Gasteiger partial charge in [0, 0.05) is 23.8 Å². The highest BCUT2D eigenvalue weighted by atomic mass is 35.5. The molecule has 1 saturated heterocycles. The Morgan fingerprint density at radius 1 is 1.12 bits per heavy atom. The van der Waals surface area contributed by atoms with Crippen molar-refractivity contribution in [3.05, 3.63) is 34.3 Å². The minimum absolute atomic E-state index is 0.124. The number of amides is 2. The number of carbonyl (C=O) groups is 2. The Morgan fingerprint density at radius 3 is 2.50 bits per heavy atom. The molecule has 6 nitrogen and oxygen atoms in total. The maximum Gasteiger partial charge on any atom is 0.286 e. The largest absolute Gasteiger partial charge is 0.342 e. The molecule has 1 aliphatic rings. The van der Waals surface area contributed by atoms with Crippen molar-refractivity contribution in [3.63, 3.8) is 0 Å². The molecule has 2 amide bonds. The summed E-state index contributed by atoms with van der Waals surface area (Å²) in [6.07, 6.45) is 4.54. The van der Waals surface area contributed by atoms with E-state index in [2.05, 4.69) is 15.5 Å². The van der Waals surface area contributed by atoms with Gasteiger partial charge in [-0.05, 0) is 37.1 Å². The molecule has 0 atom stereocenters. The highest BCUT2D eigenvalue weighted by molar-refractivity contribution is 8.01. The van der Waals surface area contributed by atoms with E-state index < -0.39 is 0 Å². The summed E-state index contributed by atoms with van der Waals surface area (Å²) >= 11 is 8.35. The summed E-state index contributed by atoms with van der Waals surface area (Å²) in [4.78, 5) is 26.4. The lowest BCUT2D eigenvalue weighted by Gasteiger charge is -2.19. The third kappa shape index (κ3) is 5.43. The molecule has 9 heteroatoms. The summed E-state index contributed by atoms with van der Waals surface area (Å²) in [5.74, 6) is 0.128. The van der Waals surface area contributed by atoms with Crippen LogP contribution in [0.1, 0.15) is 35.5 Å². The first-order valence-corrected chi connectivity index (χ1v) is 10.6. The second-order valence-electron chi connectivity index (χ2n) is 5.92. The lowest BCUT2D eigenvalue weighted by atomic mass is 10.2. The van der Waals surface area contributed by atoms with Crippen molar-refractivity contribution in [2.45, 2.75) is 30.0 Å². The number of hydrogen-bond acceptors (Lipinski definition) is 6. The van der Waals surface area contributed by atoms with Gasteiger partial charge in [0.2, 0.25) is 10.9 Å². The molecule has 0 aliphatic carbocycles. The summed E-state index contributed by atoms with van der Waals surface area (Å²) in [5.41, 5.74) is 0.639. The van der Waals surface area contributed by atoms with Crippen LogP contribution in [0.2, 0.25) is 5.02 Å². The van der Waals surface area contributed by atoms with Crippen LogP contribution in [0.15, 0.2) is 28.6 Å². The fourth-order valence-electron chi connectivity index (χ4n) is 2.61. The van der Waals surface area contributed by atoms with Gasteiger partial charge in [0.25, 0.3) is 5.91 Å². The number of likely N-dealkylation sites (tertiary alicyclic amines) is 1. The normalized spacial score (nSPS) is 14.7. The van der Waals surface area contributed by atoms with Crippen molar-refractivity contribution in [2.24, 2.45) is 0 Å². The van der Waals surface area contributed by atoms with Crippen LogP contribution in [0.3, 0.4) is 0 Å². The average molecular weight is 411 g/mol. The van der Waals surface area contributed by atoms with E-state index >= 15 is 0 Å². The number of carbonyl (C=O) groups excluding carboxylic acids is 2. The van der Waals surface area contributed by atoms with Gasteiger partial charge in [-0.1, -0.05) is 47.5 Å². The molecule has 0 bridgehead atoms. The summed E-state index contributed by atoms with van der Waals surface area (Å²) in [6.45, 7) is 1.68. The molecule has 0 unspecified atom stereocenters. The van der Waals surface area contributed by atoms with Gasteiger partial charge < -0.3 is 10.2 Å². The molecule has 1 fully saturated rings. The zero-order valence-electron chi connectivity index (χ0n) is 14.1. The molecule has 138 valence electrons. The van der Waals surface area contributed by atoms with Gasteiger partial charge in [0.1, 0.15) is 0 Å². The van der Waals surface area contributed by atoms with E-state index in [1.54, 1.807) is 24.3 Å². The molecule has 26 heavy (non-hydrogen) atoms. The van der Waals surface area contributed by atoms with E-state index in [1.807, 2.05) is 4.90 Å². The summed E-state index contributed by atoms with van der Waals surface area (Å²) in [6, 6.07) is 6.84. The van der Waals surface area contributed by atoms with Gasteiger partial charge in [-0.15, -0.1) is 10.2 Å². The summed E-state index contributed by atoms with van der Waals surface area (Å²) in [7, 11) is 0. The Kier molecular flexibility index (Phi) is 6.87. The van der Waals surface area contributed by atoms with Gasteiger partial charge in [-0.25, -0.2) is 0 Å². The number of rotatable bonds is 5. The molecule has 0 spiro atoms. The van der Waals surface area contributed by atoms with Crippen LogP contribution < -0.4 is 5.32 Å². The molecular weight excluding hydrogens is 392 g/mol. The second kappa shape index (κ2) is 9.34. The van der Waals surface area contributed by atoms with E-state index in [0.29, 0.717) is 20.8 Å². The molecule has 0 radical (unpaired) electrons. The van der Waals surface area contributed by atoms with Crippen LogP contribution in [-0.2, 0) is 4.79 Å². The SMILES string of the molecule is O=C(Nc1ccc(Cl)cc1)c1nnc(SCC(=O)N2CCCCCC2)s1. The maximum atomic E-state index is 12.3. The van der Waals surface area contributed by atoms with Gasteiger partial charge in [0.05, 0.1) is 5.75 Å². The molecule has 1 aromatic carbocycles. The summed E-state index contributed by atoms with van der Waals surface area (Å²) in [5, 5.41) is 11.5. The number of halogens is 1. The van der Waals surface area contributed by atoms with Gasteiger partial charge >= 0.3 is 0 Å². The Morgan fingerprint density at radius 2 is 1.81 bits per heavy atom. The minimum atomic E-state index is -0.324. The van der Waals surface area contributed by atoms with Crippen molar-refractivity contribution in [1.29, 1.82) is 0 Å². The van der Waals surface area contributed by atoms with Crippen molar-refractivity contribution < 1.29 is 9.59 Å². The van der Waals surface area contributed by atoms with E-state index in [0.717, 1.165) is 25.9 Å². The lowest BCUT2D eigenvalue weighted by Crippen LogP contribution is -2.33. The number of anilines is 1. The fraction of sp³-hybridized carbons (Fsp3) is 0.412. The van der Waals surface area contributed by atoms with Crippen molar-refractivity contribution in [1.82, 2.24) is 15.1 Å². The van der Waals surface area contributed by atoms with Crippen LogP contribution in [0.25, 0.3) is 0 Å². The second-order valence-corrected chi connectivity index (χ2v) is 8.55. The molecule has 1 aliphatic heterocycles. The monoisotopic (exact) mass is 410 g/mol. The number of benzene rings is 1. The Bertz CT molecular complexity index is 758. The highest BCUT2D eigenvalue weighted by Gasteiger charge is 2.18. The molecule has 3 rings (SSSR count). The number of hydrogen-bond donors (Lipinski definition) is 1. The standard InChI is InChI=1S/C17H19ClN4O2S2/c18-12-5-7-13(8-6-12)19-15(24)16-20-21-17(26-16)25-11-14(23)22-9-3-1-2-4-10-22/h5-8H,1-4,9-11H2,(H,19,24). The van der Waals surface area contributed by atoms with Gasteiger partial charge in [-0.3, -0.25) is 9.59 Å². The Hall–Kier alpha value is -1.64. The quantitative estimate of drug-likeness (QED) is 0.755. The molecule has 2 heterocycles. The number of thioether (sulfide) groups is 1. The third-order valence-corrected chi connectivity index (χ3v) is 6.27. The first-order chi connectivity index (χ1) is 12.6. The molecule has 1 N–H and O–H groups in total. The minimum Gasteiger partial charge on any atom is -0.342 e. The zero-order chi connectivity index (χ0) is 18.4. The summed E-state index contributed by atoms with van der Waals surface area (Å²) < 4.78 is 0.620. The zero-order valence-corrected chi connectivity index (χ0v) is 16.5. The van der Waals surface area contributed by atoms with Crippen LogP contribution in [0.5, 0.6) is 0 Å². The van der Waals surface area contributed by atoms with Gasteiger partial charge in [0.15, 0.2) is 4.34 Å². The fourth-order valence-corrected chi connectivity index (χ4v) is 4.39. The first kappa shape index (κ1) is 19.1. The van der Waals surface area contributed by atoms with Crippen molar-refractivity contribution >= 4 is 52.2 Å². The van der Waals surface area contributed by atoms with Crippen LogP contribution >= 0.6 is 34.7 Å². The number of aromatic nitrogens is 2. The molecular formula is C17H19ClN4O2S2. The average Bonchev–Trinajstić information content (AvgIpc) is 2.95. The molecule has 2 aromatic rings. The van der Waals surface area contributed by atoms with Crippen LogP contribution in [0.4, 0.5) is 5.69 Å². The van der Waals surface area contributed by atoms with Crippen LogP contribution in [0, 0.1) is 0 Å². The predicted octanol–water partition coefficient (Wildman–Crippen LogP) is 3.94. The van der Waals surface area contributed by atoms with E-state index in [9.17, 15) is 9.59 Å². The van der Waals surface area contributed by atoms with Crippen molar-refractivity contribution in [3.8, 4) is 0 Å². The maximum absolute atomic E-state index is 12.3. The number of nitrogens with zero attached hydrogens (tertiary/aromatic N) is 3. The smallest absolute Gasteiger partial charge is 0.286 e. The first-order valence-electron chi connectivity index (χ1n) is 8.43. The lowest BCUT2D eigenvalue weighted by molar-refractivity contribution is -0.128. The topological polar surface area (TPSA) is 75.2 Å². The molecule has 0 saturated carbocycles. The molecule has 1 aromatic heterocycles. The highest BCUT2D eigenvalue weighted by Crippen LogP contribution is 2.24. The third-order valence-electron chi connectivity index (χ3n) is 3.98. The Labute approximate surface area is 165 Å². The van der Waals surface area contributed by atoms with E-state index in [4.69, 9.17) is 11.6 Å².